The Labute approximate surface area is 316 Å². The van der Waals surface area contributed by atoms with Crippen LogP contribution in [0.2, 0.25) is 0 Å². The number of hydrogen-bond donors (Lipinski definition) is 0. The van der Waals surface area contributed by atoms with Crippen LogP contribution in [0.25, 0.3) is 129 Å². The van der Waals surface area contributed by atoms with Gasteiger partial charge in [0.1, 0.15) is 0 Å². The molecule has 0 saturated carbocycles. The Morgan fingerprint density at radius 1 is 0.296 bits per heavy atom. The summed E-state index contributed by atoms with van der Waals surface area (Å²) in [5.41, 5.74) is 12.0. The number of benzene rings is 10. The van der Waals surface area contributed by atoms with Gasteiger partial charge < -0.3 is 0 Å². The van der Waals surface area contributed by atoms with E-state index in [0.717, 1.165) is 21.9 Å². The molecule has 2 heterocycles. The molecule has 0 unspecified atom stereocenters. The van der Waals surface area contributed by atoms with Crippen molar-refractivity contribution in [1.82, 2.24) is 0 Å². The first kappa shape index (κ1) is 29.1. The first-order chi connectivity index (χ1) is 26.8. The summed E-state index contributed by atoms with van der Waals surface area (Å²) in [5.74, 6) is 0. The summed E-state index contributed by atoms with van der Waals surface area (Å²) in [6.45, 7) is 0. The van der Waals surface area contributed by atoms with Crippen molar-refractivity contribution in [3.8, 4) is 44.5 Å². The minimum Gasteiger partial charge on any atom is -0.0531 e. The predicted molar refractivity (Wildman–Crippen MR) is 231 cm³/mol. The van der Waals surface area contributed by atoms with Crippen LogP contribution in [0.4, 0.5) is 0 Å². The molecule has 12 aromatic rings. The van der Waals surface area contributed by atoms with Gasteiger partial charge in [0.15, 0.2) is 0 Å². The average molecular weight is 748 g/mol. The van der Waals surface area contributed by atoms with Crippen LogP contribution in [0.15, 0.2) is 174 Å². The maximum absolute atomic E-state index is 6.45. The summed E-state index contributed by atoms with van der Waals surface area (Å²) in [5, 5.41) is 15.8. The Kier molecular flexibility index (Phi) is 5.70. The molecule has 1 nitrogen and oxygen atoms in total. The maximum atomic E-state index is 6.45. The first-order valence-electron chi connectivity index (χ1n) is 18.6. The normalized spacial score (nSPS) is 12.4. The monoisotopic (exact) mass is 748 g/mol. The van der Waals surface area contributed by atoms with Crippen LogP contribution in [0.5, 0.6) is 0 Å². The molecule has 0 amide bonds. The molecule has 0 bridgehead atoms. The van der Waals surface area contributed by atoms with Crippen molar-refractivity contribution in [2.45, 2.75) is 0 Å². The van der Waals surface area contributed by atoms with Gasteiger partial charge in [-0.3, -0.25) is 0 Å². The molecule has 0 fully saturated rings. The van der Waals surface area contributed by atoms with Crippen LogP contribution in [0.3, 0.4) is 0 Å². The minimum absolute atomic E-state index is 0.282. The molecule has 0 saturated heterocycles. The van der Waals surface area contributed by atoms with Crippen molar-refractivity contribution in [3.05, 3.63) is 170 Å². The van der Waals surface area contributed by atoms with Crippen LogP contribution in [0, 0.1) is 0 Å². The number of hydrogen-bond acceptors (Lipinski definition) is 1. The van der Waals surface area contributed by atoms with Gasteiger partial charge in [-0.05, 0) is 50.2 Å². The molecule has 1 aliphatic rings. The second-order valence-corrected chi connectivity index (χ2v) is 16.9. The van der Waals surface area contributed by atoms with E-state index in [1.165, 1.54) is 107 Å². The third-order valence-electron chi connectivity index (χ3n) is 12.0. The van der Waals surface area contributed by atoms with E-state index in [1.54, 1.807) is 0 Å². The summed E-state index contributed by atoms with van der Waals surface area (Å²) in [4.78, 5) is 0. The molecule has 248 valence electrons. The van der Waals surface area contributed by atoms with Crippen LogP contribution < -0.4 is 0 Å². The molecular formula is C52H28OSe. The third-order valence-corrected chi connectivity index (χ3v) is 14.5. The summed E-state index contributed by atoms with van der Waals surface area (Å²) in [6.07, 6.45) is 0. The van der Waals surface area contributed by atoms with E-state index in [4.69, 9.17) is 4.42 Å². The first-order valence-corrected chi connectivity index (χ1v) is 20.3. The fourth-order valence-corrected chi connectivity index (χ4v) is 12.2. The van der Waals surface area contributed by atoms with Crippen molar-refractivity contribution in [2.24, 2.45) is 0 Å². The predicted octanol–water partition coefficient (Wildman–Crippen LogP) is 14.5. The molecule has 0 aliphatic heterocycles. The Hall–Kier alpha value is -6.44. The van der Waals surface area contributed by atoms with Crippen molar-refractivity contribution in [1.29, 1.82) is 0 Å². The number of rotatable bonds is 2. The van der Waals surface area contributed by atoms with Gasteiger partial charge in [0, 0.05) is 0 Å². The molecular weight excluding hydrogens is 720 g/mol. The molecule has 0 atom stereocenters. The molecule has 54 heavy (non-hydrogen) atoms. The summed E-state index contributed by atoms with van der Waals surface area (Å²) < 4.78 is 9.45. The van der Waals surface area contributed by atoms with E-state index in [1.807, 2.05) is 0 Å². The Morgan fingerprint density at radius 3 is 1.67 bits per heavy atom. The third kappa shape index (κ3) is 3.84. The molecule has 0 N–H and O–H groups in total. The molecule has 13 rings (SSSR count). The molecule has 2 heteroatoms. The van der Waals surface area contributed by atoms with Crippen molar-refractivity contribution in [3.63, 3.8) is 0 Å². The molecule has 1 aliphatic carbocycles. The Bertz CT molecular complexity index is 3570. The number of furan rings is 1. The standard InChI is InChI=1S/C52H28OSe/c1-2-9-34-33(8-1)39-14-7-13-38-32(20-21-41(34)50(38)39)31-18-25-48-46(28-31)45-27-30(17-24-47(45)53-48)29-16-19-36-42-22-23-43-37-11-5-6-15-49(37)54-52(43)51(42)40-12-4-3-10-35(40)44(36)26-29/h1-28H. The van der Waals surface area contributed by atoms with Crippen molar-refractivity contribution in [2.75, 3.05) is 0 Å². The smallest absolute Gasteiger partial charge is 0.0531 e. The van der Waals surface area contributed by atoms with Gasteiger partial charge in [0.2, 0.25) is 0 Å². The van der Waals surface area contributed by atoms with Gasteiger partial charge in [-0.25, -0.2) is 0 Å². The summed E-state index contributed by atoms with van der Waals surface area (Å²) >= 11 is 0.282. The molecule has 0 radical (unpaired) electrons. The van der Waals surface area contributed by atoms with Gasteiger partial charge in [0.05, 0.1) is 0 Å². The zero-order valence-electron chi connectivity index (χ0n) is 29.0. The van der Waals surface area contributed by atoms with Crippen LogP contribution >= 0.6 is 0 Å². The molecule has 10 aromatic carbocycles. The van der Waals surface area contributed by atoms with E-state index < -0.39 is 0 Å². The average Bonchev–Trinajstić information content (AvgIpc) is 3.91. The zero-order chi connectivity index (χ0) is 35.1. The second kappa shape index (κ2) is 10.6. The Morgan fingerprint density at radius 2 is 0.833 bits per heavy atom. The van der Waals surface area contributed by atoms with Crippen molar-refractivity contribution < 1.29 is 4.42 Å². The van der Waals surface area contributed by atoms with Gasteiger partial charge in [-0.2, -0.15) is 0 Å². The van der Waals surface area contributed by atoms with Gasteiger partial charge in [0.25, 0.3) is 0 Å². The number of fused-ring (bicyclic) bond motifs is 16. The fraction of sp³-hybridized carbons (Fsp3) is 0. The summed E-state index contributed by atoms with van der Waals surface area (Å²) in [7, 11) is 0. The van der Waals surface area contributed by atoms with Gasteiger partial charge in [-0.1, -0.05) is 60.7 Å². The van der Waals surface area contributed by atoms with Gasteiger partial charge in [-0.15, -0.1) is 0 Å². The Balaban J connectivity index is 0.987. The SMILES string of the molecule is c1ccc2c(c1)-c1cccc3c(-c4ccc5oc6ccc(-c7ccc8c(c7)c7ccccc7c7c8ccc8c9ccccc9[se]c87)cc6c5c4)ccc-2c13. The topological polar surface area (TPSA) is 13.1 Å². The van der Waals surface area contributed by atoms with Crippen LogP contribution in [-0.4, -0.2) is 14.5 Å². The second-order valence-electron chi connectivity index (χ2n) is 14.7. The minimum atomic E-state index is 0.282. The van der Waals surface area contributed by atoms with Crippen LogP contribution in [-0.2, 0) is 0 Å². The van der Waals surface area contributed by atoms with Crippen LogP contribution in [0.1, 0.15) is 0 Å². The zero-order valence-corrected chi connectivity index (χ0v) is 30.7. The molecule has 0 spiro atoms. The van der Waals surface area contributed by atoms with E-state index in [9.17, 15) is 0 Å². The van der Waals surface area contributed by atoms with Crippen molar-refractivity contribution >= 4 is 98.8 Å². The van der Waals surface area contributed by atoms with Gasteiger partial charge >= 0.3 is 207 Å². The van der Waals surface area contributed by atoms with E-state index in [0.29, 0.717) is 0 Å². The van der Waals surface area contributed by atoms with E-state index in [2.05, 4.69) is 170 Å². The fourth-order valence-electron chi connectivity index (χ4n) is 9.58. The van der Waals surface area contributed by atoms with E-state index in [-0.39, 0.29) is 14.5 Å². The molecule has 2 aromatic heterocycles. The van der Waals surface area contributed by atoms with E-state index >= 15 is 0 Å². The summed E-state index contributed by atoms with van der Waals surface area (Å²) in [6, 6.07) is 63.3. The quantitative estimate of drug-likeness (QED) is 0.127.